The summed E-state index contributed by atoms with van der Waals surface area (Å²) >= 11 is 1.49. The number of hydrogen-bond donors (Lipinski definition) is 0. The SMILES string of the molecule is CCN(CC)S(=O)(=O)c1ccc2c(c1)CCN2C(=O)c1cnc(C2CC2)s1. The molecular weight excluding hydrogens is 382 g/mol. The average Bonchev–Trinajstić information content (AvgIpc) is 3.24. The van der Waals surface area contributed by atoms with Gasteiger partial charge in [-0.1, -0.05) is 13.8 Å². The number of benzene rings is 1. The number of amides is 1. The van der Waals surface area contributed by atoms with Crippen molar-refractivity contribution in [2.45, 2.75) is 43.9 Å². The van der Waals surface area contributed by atoms with E-state index in [-0.39, 0.29) is 5.91 Å². The maximum atomic E-state index is 12.9. The van der Waals surface area contributed by atoms with Crippen LogP contribution < -0.4 is 4.90 Å². The first kappa shape index (κ1) is 18.6. The first-order valence-corrected chi connectivity index (χ1v) is 11.6. The summed E-state index contributed by atoms with van der Waals surface area (Å²) < 4.78 is 26.9. The number of thiazole rings is 1. The molecule has 1 fully saturated rings. The lowest BCUT2D eigenvalue weighted by Gasteiger charge is -2.20. The van der Waals surface area contributed by atoms with Gasteiger partial charge in [0.25, 0.3) is 5.91 Å². The molecule has 0 atom stereocenters. The van der Waals surface area contributed by atoms with E-state index in [9.17, 15) is 13.2 Å². The van der Waals surface area contributed by atoms with Crippen molar-refractivity contribution < 1.29 is 13.2 Å². The first-order chi connectivity index (χ1) is 13.0. The Hall–Kier alpha value is -1.77. The van der Waals surface area contributed by atoms with Crippen LogP contribution in [0.15, 0.2) is 29.3 Å². The molecule has 1 aromatic heterocycles. The van der Waals surface area contributed by atoms with Crippen LogP contribution in [-0.4, -0.2) is 43.2 Å². The maximum Gasteiger partial charge on any atom is 0.270 e. The predicted octanol–water partition coefficient (Wildman–Crippen LogP) is 3.25. The predicted molar refractivity (Wildman–Crippen MR) is 106 cm³/mol. The number of fused-ring (bicyclic) bond motifs is 1. The summed E-state index contributed by atoms with van der Waals surface area (Å²) in [7, 11) is -3.49. The zero-order valence-electron chi connectivity index (χ0n) is 15.5. The van der Waals surface area contributed by atoms with Crippen molar-refractivity contribution in [3.8, 4) is 0 Å². The van der Waals surface area contributed by atoms with E-state index in [1.165, 1.54) is 15.6 Å². The maximum absolute atomic E-state index is 12.9. The molecule has 1 saturated carbocycles. The lowest BCUT2D eigenvalue weighted by atomic mass is 10.2. The molecule has 0 unspecified atom stereocenters. The molecule has 0 bridgehead atoms. The molecule has 0 radical (unpaired) electrons. The van der Waals surface area contributed by atoms with E-state index in [2.05, 4.69) is 4.98 Å². The Bertz CT molecular complexity index is 976. The highest BCUT2D eigenvalue weighted by molar-refractivity contribution is 7.89. The molecule has 0 spiro atoms. The van der Waals surface area contributed by atoms with Crippen LogP contribution >= 0.6 is 11.3 Å². The van der Waals surface area contributed by atoms with Gasteiger partial charge in [-0.15, -0.1) is 11.3 Å². The number of sulfonamides is 1. The van der Waals surface area contributed by atoms with Crippen LogP contribution in [0.4, 0.5) is 5.69 Å². The number of rotatable bonds is 6. The minimum Gasteiger partial charge on any atom is -0.307 e. The van der Waals surface area contributed by atoms with Gasteiger partial charge >= 0.3 is 0 Å². The molecule has 1 aliphatic heterocycles. The Morgan fingerprint density at radius 1 is 1.30 bits per heavy atom. The molecule has 2 aromatic rings. The number of nitrogens with zero attached hydrogens (tertiary/aromatic N) is 3. The normalized spacial score (nSPS) is 16.8. The fourth-order valence-corrected chi connectivity index (χ4v) is 6.05. The Balaban J connectivity index is 1.60. The number of aromatic nitrogens is 1. The van der Waals surface area contributed by atoms with Gasteiger partial charge in [0.1, 0.15) is 4.88 Å². The summed E-state index contributed by atoms with van der Waals surface area (Å²) in [6.07, 6.45) is 4.67. The summed E-state index contributed by atoms with van der Waals surface area (Å²) in [5, 5.41) is 1.05. The molecule has 1 aromatic carbocycles. The van der Waals surface area contributed by atoms with Gasteiger partial charge in [-0.05, 0) is 43.0 Å². The number of anilines is 1. The Labute approximate surface area is 163 Å². The largest absolute Gasteiger partial charge is 0.307 e. The van der Waals surface area contributed by atoms with Gasteiger partial charge in [0.15, 0.2) is 0 Å². The van der Waals surface area contributed by atoms with E-state index >= 15 is 0 Å². The van der Waals surface area contributed by atoms with E-state index in [1.807, 2.05) is 13.8 Å². The summed E-state index contributed by atoms with van der Waals surface area (Å²) in [4.78, 5) is 20.0. The van der Waals surface area contributed by atoms with Crippen LogP contribution in [0.1, 0.15) is 52.8 Å². The lowest BCUT2D eigenvalue weighted by Crippen LogP contribution is -2.30. The minimum atomic E-state index is -3.49. The van der Waals surface area contributed by atoms with E-state index < -0.39 is 10.0 Å². The molecule has 144 valence electrons. The second-order valence-corrected chi connectivity index (χ2v) is 9.92. The third-order valence-corrected chi connectivity index (χ3v) is 8.39. The first-order valence-electron chi connectivity index (χ1n) is 9.36. The second-order valence-electron chi connectivity index (χ2n) is 6.92. The van der Waals surface area contributed by atoms with Gasteiger partial charge in [-0.2, -0.15) is 4.31 Å². The standard InChI is InChI=1S/C19H23N3O3S2/c1-3-21(4-2)27(24,25)15-7-8-16-14(11-15)9-10-22(16)19(23)17-12-20-18(26-17)13-5-6-13/h7-8,11-13H,3-6,9-10H2,1-2H3. The molecule has 2 aliphatic rings. The van der Waals surface area contributed by atoms with Gasteiger partial charge in [0.05, 0.1) is 16.1 Å². The highest BCUT2D eigenvalue weighted by Crippen LogP contribution is 2.42. The highest BCUT2D eigenvalue weighted by atomic mass is 32.2. The smallest absolute Gasteiger partial charge is 0.270 e. The third-order valence-electron chi connectivity index (χ3n) is 5.20. The van der Waals surface area contributed by atoms with E-state index in [4.69, 9.17) is 0 Å². The molecule has 8 heteroatoms. The van der Waals surface area contributed by atoms with Crippen molar-refractivity contribution in [1.82, 2.24) is 9.29 Å². The molecule has 6 nitrogen and oxygen atoms in total. The van der Waals surface area contributed by atoms with Crippen molar-refractivity contribution >= 4 is 33.0 Å². The van der Waals surface area contributed by atoms with Gasteiger partial charge in [0.2, 0.25) is 10.0 Å². The van der Waals surface area contributed by atoms with Gasteiger partial charge in [-0.25, -0.2) is 13.4 Å². The van der Waals surface area contributed by atoms with Crippen molar-refractivity contribution in [3.63, 3.8) is 0 Å². The molecule has 2 heterocycles. The lowest BCUT2D eigenvalue weighted by molar-refractivity contribution is 0.0993. The van der Waals surface area contributed by atoms with Crippen molar-refractivity contribution in [2.75, 3.05) is 24.5 Å². The number of hydrogen-bond acceptors (Lipinski definition) is 5. The van der Waals surface area contributed by atoms with Gasteiger partial charge in [-0.3, -0.25) is 4.79 Å². The molecule has 1 amide bonds. The summed E-state index contributed by atoms with van der Waals surface area (Å²) in [5.41, 5.74) is 1.71. The molecule has 27 heavy (non-hydrogen) atoms. The minimum absolute atomic E-state index is 0.0440. The van der Waals surface area contributed by atoms with Crippen LogP contribution in [0.25, 0.3) is 0 Å². The molecular formula is C19H23N3O3S2. The molecule has 4 rings (SSSR count). The average molecular weight is 406 g/mol. The van der Waals surface area contributed by atoms with Crippen LogP contribution in [0.5, 0.6) is 0 Å². The van der Waals surface area contributed by atoms with E-state index in [0.29, 0.717) is 41.7 Å². The van der Waals surface area contributed by atoms with Gasteiger partial charge in [0, 0.05) is 31.2 Å². The van der Waals surface area contributed by atoms with E-state index in [0.717, 1.165) is 29.1 Å². The molecule has 1 aliphatic carbocycles. The second kappa shape index (κ2) is 7.00. The van der Waals surface area contributed by atoms with Crippen LogP contribution in [-0.2, 0) is 16.4 Å². The number of carbonyl (C=O) groups is 1. The monoisotopic (exact) mass is 405 g/mol. The number of carbonyl (C=O) groups excluding carboxylic acids is 1. The third kappa shape index (κ3) is 3.30. The van der Waals surface area contributed by atoms with Gasteiger partial charge < -0.3 is 4.90 Å². The van der Waals surface area contributed by atoms with Crippen molar-refractivity contribution in [1.29, 1.82) is 0 Å². The summed E-state index contributed by atoms with van der Waals surface area (Å²) in [6, 6.07) is 5.10. The fraction of sp³-hybridized carbons (Fsp3) is 0.474. The summed E-state index contributed by atoms with van der Waals surface area (Å²) in [5.74, 6) is 0.493. The quantitative estimate of drug-likeness (QED) is 0.740. The van der Waals surface area contributed by atoms with Crippen LogP contribution in [0.3, 0.4) is 0 Å². The summed E-state index contributed by atoms with van der Waals surface area (Å²) in [6.45, 7) is 5.11. The Morgan fingerprint density at radius 3 is 2.70 bits per heavy atom. The van der Waals surface area contributed by atoms with E-state index in [1.54, 1.807) is 29.3 Å². The zero-order chi connectivity index (χ0) is 19.2. The fourth-order valence-electron chi connectivity index (χ4n) is 3.50. The zero-order valence-corrected chi connectivity index (χ0v) is 17.1. The van der Waals surface area contributed by atoms with Crippen molar-refractivity contribution in [2.24, 2.45) is 0 Å². The Morgan fingerprint density at radius 2 is 2.04 bits per heavy atom. The van der Waals surface area contributed by atoms with Crippen LogP contribution in [0, 0.1) is 0 Å². The molecule has 0 saturated heterocycles. The highest BCUT2D eigenvalue weighted by Gasteiger charge is 2.32. The topological polar surface area (TPSA) is 70.6 Å². The Kier molecular flexibility index (Phi) is 4.82. The molecule has 0 N–H and O–H groups in total. The van der Waals surface area contributed by atoms with Crippen molar-refractivity contribution in [3.05, 3.63) is 39.8 Å². The van der Waals surface area contributed by atoms with Crippen LogP contribution in [0.2, 0.25) is 0 Å².